The monoisotopic (exact) mass is 286 g/mol. The molecule has 19 heavy (non-hydrogen) atoms. The van der Waals surface area contributed by atoms with Crippen LogP contribution in [0.5, 0.6) is 0 Å². The zero-order valence-corrected chi connectivity index (χ0v) is 10.4. The topological polar surface area (TPSA) is 44.2 Å². The number of rotatable bonds is 2. The van der Waals surface area contributed by atoms with Crippen molar-refractivity contribution in [2.45, 2.75) is 6.18 Å². The van der Waals surface area contributed by atoms with E-state index in [-0.39, 0.29) is 28.5 Å². The number of para-hydroxylation sites is 1. The van der Waals surface area contributed by atoms with Crippen LogP contribution in [-0.4, -0.2) is 23.0 Å². The standard InChI is InChI=1S/C12H9F3N2OS/c13-12(14,15)6-5-8-3-1-2-4-9(8)17-10(18)7-19-11(17)16/h1-6,16H,7H2/b6-5+,16-11?. The molecule has 3 nitrogen and oxygen atoms in total. The first-order valence-corrected chi connectivity index (χ1v) is 6.26. The van der Waals surface area contributed by atoms with Crippen molar-refractivity contribution >= 4 is 34.6 Å². The lowest BCUT2D eigenvalue weighted by Crippen LogP contribution is -2.29. The second kappa shape index (κ2) is 5.08. The zero-order valence-electron chi connectivity index (χ0n) is 9.57. The fraction of sp³-hybridized carbons (Fsp3) is 0.167. The maximum absolute atomic E-state index is 12.2. The third-order valence-corrected chi connectivity index (χ3v) is 3.26. The second-order valence-corrected chi connectivity index (χ2v) is 4.72. The van der Waals surface area contributed by atoms with Crippen LogP contribution < -0.4 is 4.90 Å². The van der Waals surface area contributed by atoms with E-state index in [1.54, 1.807) is 12.1 Å². The Bertz CT molecular complexity index is 538. The maximum atomic E-state index is 12.2. The summed E-state index contributed by atoms with van der Waals surface area (Å²) in [4.78, 5) is 12.8. The van der Waals surface area contributed by atoms with E-state index in [4.69, 9.17) is 5.41 Å². The number of carbonyl (C=O) groups excluding carboxylic acids is 1. The molecule has 0 spiro atoms. The van der Waals surface area contributed by atoms with Crippen molar-refractivity contribution in [2.24, 2.45) is 0 Å². The maximum Gasteiger partial charge on any atom is 0.409 e. The summed E-state index contributed by atoms with van der Waals surface area (Å²) in [5, 5.41) is 7.67. The van der Waals surface area contributed by atoms with E-state index in [1.807, 2.05) is 0 Å². The highest BCUT2D eigenvalue weighted by molar-refractivity contribution is 8.15. The lowest BCUT2D eigenvalue weighted by atomic mass is 10.1. The summed E-state index contributed by atoms with van der Waals surface area (Å²) in [7, 11) is 0. The van der Waals surface area contributed by atoms with Crippen LogP contribution in [0.4, 0.5) is 18.9 Å². The molecule has 0 atom stereocenters. The van der Waals surface area contributed by atoms with Crippen molar-refractivity contribution in [3.63, 3.8) is 0 Å². The number of nitrogens with one attached hydrogen (secondary N) is 1. The van der Waals surface area contributed by atoms with E-state index in [2.05, 4.69) is 0 Å². The molecule has 1 heterocycles. The van der Waals surface area contributed by atoms with Gasteiger partial charge < -0.3 is 0 Å². The molecule has 2 rings (SSSR count). The van der Waals surface area contributed by atoms with Gasteiger partial charge in [0.25, 0.3) is 0 Å². The van der Waals surface area contributed by atoms with Crippen molar-refractivity contribution in [2.75, 3.05) is 10.7 Å². The van der Waals surface area contributed by atoms with Gasteiger partial charge in [-0.2, -0.15) is 13.2 Å². The fourth-order valence-corrected chi connectivity index (χ4v) is 2.35. The minimum Gasteiger partial charge on any atom is -0.278 e. The van der Waals surface area contributed by atoms with Crippen LogP contribution in [0.25, 0.3) is 6.08 Å². The van der Waals surface area contributed by atoms with Gasteiger partial charge in [-0.25, -0.2) is 0 Å². The van der Waals surface area contributed by atoms with Crippen LogP contribution in [0.2, 0.25) is 0 Å². The lowest BCUT2D eigenvalue weighted by molar-refractivity contribution is -0.115. The van der Waals surface area contributed by atoms with Crippen molar-refractivity contribution < 1.29 is 18.0 Å². The van der Waals surface area contributed by atoms with E-state index in [0.29, 0.717) is 5.69 Å². The van der Waals surface area contributed by atoms with Crippen molar-refractivity contribution in [3.05, 3.63) is 35.9 Å². The highest BCUT2D eigenvalue weighted by Crippen LogP contribution is 2.30. The summed E-state index contributed by atoms with van der Waals surface area (Å²) in [6.45, 7) is 0. The predicted molar refractivity (Wildman–Crippen MR) is 69.2 cm³/mol. The average molecular weight is 286 g/mol. The number of alkyl halides is 3. The molecule has 0 aromatic heterocycles. The normalized spacial score (nSPS) is 16.7. The first-order valence-electron chi connectivity index (χ1n) is 5.28. The van der Waals surface area contributed by atoms with E-state index < -0.39 is 6.18 Å². The average Bonchev–Trinajstić information content (AvgIpc) is 2.66. The Morgan fingerprint density at radius 3 is 2.58 bits per heavy atom. The number of hydrogen-bond donors (Lipinski definition) is 1. The molecule has 1 aliphatic heterocycles. The number of carbonyl (C=O) groups is 1. The number of amides is 1. The van der Waals surface area contributed by atoms with Crippen molar-refractivity contribution in [1.82, 2.24) is 0 Å². The highest BCUT2D eigenvalue weighted by Gasteiger charge is 2.29. The number of amidine groups is 1. The molecule has 0 saturated carbocycles. The number of thioether (sulfide) groups is 1. The molecule has 1 aromatic rings. The van der Waals surface area contributed by atoms with Crippen LogP contribution in [-0.2, 0) is 4.79 Å². The number of halogens is 3. The largest absolute Gasteiger partial charge is 0.409 e. The fourth-order valence-electron chi connectivity index (χ4n) is 1.63. The quantitative estimate of drug-likeness (QED) is 0.906. The van der Waals surface area contributed by atoms with Crippen LogP contribution in [0.1, 0.15) is 5.56 Å². The van der Waals surface area contributed by atoms with Crippen LogP contribution >= 0.6 is 11.8 Å². The van der Waals surface area contributed by atoms with E-state index in [0.717, 1.165) is 22.7 Å². The Balaban J connectivity index is 2.39. The van der Waals surface area contributed by atoms with Crippen molar-refractivity contribution in [1.29, 1.82) is 5.41 Å². The first-order chi connectivity index (χ1) is 8.88. The van der Waals surface area contributed by atoms with Crippen LogP contribution in [0, 0.1) is 5.41 Å². The number of nitrogens with zero attached hydrogens (tertiary/aromatic N) is 1. The van der Waals surface area contributed by atoms with Gasteiger partial charge in [-0.3, -0.25) is 15.1 Å². The summed E-state index contributed by atoms with van der Waals surface area (Å²) >= 11 is 1.05. The lowest BCUT2D eigenvalue weighted by Gasteiger charge is -2.17. The Hall–Kier alpha value is -1.76. The molecule has 1 aliphatic rings. The molecule has 0 bridgehead atoms. The van der Waals surface area contributed by atoms with E-state index in [1.165, 1.54) is 12.1 Å². The first kappa shape index (κ1) is 13.7. The SMILES string of the molecule is N=C1SCC(=O)N1c1ccccc1/C=C/C(F)(F)F. The Kier molecular flexibility index (Phi) is 3.66. The molecule has 1 fully saturated rings. The summed E-state index contributed by atoms with van der Waals surface area (Å²) in [5.41, 5.74) is 0.545. The van der Waals surface area contributed by atoms with Crippen molar-refractivity contribution in [3.8, 4) is 0 Å². The molecule has 100 valence electrons. The molecule has 1 N–H and O–H groups in total. The third-order valence-electron chi connectivity index (χ3n) is 2.41. The summed E-state index contributed by atoms with van der Waals surface area (Å²) in [5.74, 6) is -0.168. The molecule has 0 aliphatic carbocycles. The van der Waals surface area contributed by atoms with Gasteiger partial charge in [0.05, 0.1) is 11.4 Å². The van der Waals surface area contributed by atoms with Gasteiger partial charge in [-0.05, 0) is 17.7 Å². The Morgan fingerprint density at radius 1 is 1.32 bits per heavy atom. The summed E-state index contributed by atoms with van der Waals surface area (Å²) in [6.07, 6.45) is -3.40. The number of anilines is 1. The molecule has 0 radical (unpaired) electrons. The molecular weight excluding hydrogens is 277 g/mol. The van der Waals surface area contributed by atoms with E-state index >= 15 is 0 Å². The third kappa shape index (κ3) is 3.17. The molecular formula is C12H9F3N2OS. The second-order valence-electron chi connectivity index (χ2n) is 3.76. The molecule has 1 aromatic carbocycles. The molecule has 1 amide bonds. The van der Waals surface area contributed by atoms with Gasteiger partial charge in [-0.15, -0.1) is 0 Å². The number of benzene rings is 1. The Morgan fingerprint density at radius 2 is 2.00 bits per heavy atom. The van der Waals surface area contributed by atoms with Crippen LogP contribution in [0.15, 0.2) is 30.3 Å². The zero-order chi connectivity index (χ0) is 14.0. The highest BCUT2D eigenvalue weighted by atomic mass is 32.2. The summed E-state index contributed by atoms with van der Waals surface area (Å²) < 4.78 is 36.6. The smallest absolute Gasteiger partial charge is 0.278 e. The predicted octanol–water partition coefficient (Wildman–Crippen LogP) is 3.28. The minimum atomic E-state index is -4.41. The van der Waals surface area contributed by atoms with Gasteiger partial charge in [0.15, 0.2) is 5.17 Å². The van der Waals surface area contributed by atoms with Gasteiger partial charge in [0.1, 0.15) is 0 Å². The number of hydrogen-bond acceptors (Lipinski definition) is 3. The van der Waals surface area contributed by atoms with Gasteiger partial charge in [0.2, 0.25) is 5.91 Å². The molecule has 1 saturated heterocycles. The minimum absolute atomic E-state index is 0.0258. The van der Waals surface area contributed by atoms with Crippen LogP contribution in [0.3, 0.4) is 0 Å². The van der Waals surface area contributed by atoms with Gasteiger partial charge >= 0.3 is 6.18 Å². The van der Waals surface area contributed by atoms with E-state index in [9.17, 15) is 18.0 Å². The van der Waals surface area contributed by atoms with Gasteiger partial charge in [-0.1, -0.05) is 30.0 Å². The van der Waals surface area contributed by atoms with Gasteiger partial charge in [0, 0.05) is 6.08 Å². The summed E-state index contributed by atoms with van der Waals surface area (Å²) in [6, 6.07) is 6.19. The Labute approximate surface area is 111 Å². The molecule has 0 unspecified atom stereocenters. The molecule has 7 heteroatoms. The number of allylic oxidation sites excluding steroid dienone is 1.